The smallest absolute Gasteiger partial charge is 0.338 e. The van der Waals surface area contributed by atoms with Gasteiger partial charge in [0, 0.05) is 0 Å². The molecule has 3 heterocycles. The predicted molar refractivity (Wildman–Crippen MR) is 306 cm³/mol. The summed E-state index contributed by atoms with van der Waals surface area (Å²) in [6, 6.07) is 54.5. The lowest BCUT2D eigenvalue weighted by atomic mass is 9.96. The first-order valence-corrected chi connectivity index (χ1v) is 28.1. The van der Waals surface area contributed by atoms with Gasteiger partial charge in [0.1, 0.15) is 18.3 Å². The highest BCUT2D eigenvalue weighted by molar-refractivity contribution is 5.93. The van der Waals surface area contributed by atoms with Gasteiger partial charge in [-0.1, -0.05) is 127 Å². The Bertz CT molecular complexity index is 3470. The molecule has 0 aliphatic carbocycles. The van der Waals surface area contributed by atoms with E-state index in [0.29, 0.717) is 0 Å². The van der Waals surface area contributed by atoms with Gasteiger partial charge >= 0.3 is 41.8 Å². The van der Waals surface area contributed by atoms with Crippen LogP contribution in [0.2, 0.25) is 0 Å². The maximum atomic E-state index is 14.3. The molecule has 0 radical (unpaired) electrons. The van der Waals surface area contributed by atoms with E-state index in [2.05, 4.69) is 0 Å². The van der Waals surface area contributed by atoms with Crippen molar-refractivity contribution in [3.05, 3.63) is 251 Å². The van der Waals surface area contributed by atoms with Crippen molar-refractivity contribution in [3.63, 3.8) is 0 Å². The van der Waals surface area contributed by atoms with E-state index in [1.54, 1.807) is 127 Å². The minimum absolute atomic E-state index is 0.0106. The monoisotopic (exact) mass is 1200 g/mol. The Morgan fingerprint density at radius 3 is 0.875 bits per heavy atom. The van der Waals surface area contributed by atoms with Crippen LogP contribution >= 0.6 is 0 Å². The summed E-state index contributed by atoms with van der Waals surface area (Å²) >= 11 is 0. The Hall–Kier alpha value is -9.45. The zero-order chi connectivity index (χ0) is 61.7. The fourth-order valence-electron chi connectivity index (χ4n) is 10.1. The van der Waals surface area contributed by atoms with E-state index in [1.165, 1.54) is 98.8 Å². The average Bonchev–Trinajstić information content (AvgIpc) is 3.27. The standard InChI is InChI=1S/C67H60O21/c1-39-50(81-58(69)41-24-10-3-11-25-41)53(83-60(71)43-28-14-5-15-29-43)56(86-63(74)46-34-20-8-21-35-46)66(78-39)77-38-48-49(68)52(55(65(76)80-48)85-62(73)45-32-18-7-19-33-45)88-67-57(87-64(75)47-36-22-9-23-37-47)54(84-61(72)44-30-16-6-17-31-44)51(40(2)79-67)82-59(70)42-26-12-4-13-27-42/h3-37,39-40,48-57,65-68,76H,38H2,1-2H3/t39-,40-,48+,49+,50-,51-,52-,53+,54+,55+,56+,57+,65-,66+,67-/m0/s1. The van der Waals surface area contributed by atoms with E-state index in [4.69, 9.17) is 56.8 Å². The van der Waals surface area contributed by atoms with Crippen molar-refractivity contribution in [2.75, 3.05) is 6.61 Å². The lowest BCUT2D eigenvalue weighted by Gasteiger charge is -2.48. The molecule has 21 heteroatoms. The molecule has 0 bridgehead atoms. The van der Waals surface area contributed by atoms with Gasteiger partial charge in [0.05, 0.1) is 57.8 Å². The number of hydrogen-bond donors (Lipinski definition) is 2. The largest absolute Gasteiger partial charge is 0.452 e. The summed E-state index contributed by atoms with van der Waals surface area (Å²) in [6.07, 6.45) is -26.1. The average molecular weight is 1200 g/mol. The Morgan fingerprint density at radius 2 is 0.568 bits per heavy atom. The summed E-state index contributed by atoms with van der Waals surface area (Å²) in [5.74, 6) is -6.51. The highest BCUT2D eigenvalue weighted by atomic mass is 16.8. The van der Waals surface area contributed by atoms with Crippen LogP contribution in [-0.2, 0) is 56.8 Å². The second kappa shape index (κ2) is 28.8. The van der Waals surface area contributed by atoms with Crippen molar-refractivity contribution in [3.8, 4) is 0 Å². The van der Waals surface area contributed by atoms with Gasteiger partial charge < -0.3 is 67.1 Å². The maximum absolute atomic E-state index is 14.3. The third kappa shape index (κ3) is 14.8. The first kappa shape index (κ1) is 61.6. The minimum Gasteiger partial charge on any atom is -0.452 e. The molecule has 0 spiro atoms. The zero-order valence-electron chi connectivity index (χ0n) is 47.2. The lowest BCUT2D eigenvalue weighted by Crippen LogP contribution is -2.66. The molecule has 3 aliphatic rings. The number of aliphatic hydroxyl groups excluding tert-OH is 2. The molecule has 3 aliphatic heterocycles. The summed E-state index contributed by atoms with van der Waals surface area (Å²) in [5.41, 5.74) is 0.463. The van der Waals surface area contributed by atoms with Gasteiger partial charge in [-0.25, -0.2) is 33.6 Å². The number of carbonyl (C=O) groups excluding carboxylic acids is 7. The van der Waals surface area contributed by atoms with Crippen LogP contribution in [0.1, 0.15) is 86.4 Å². The number of ether oxygens (including phenoxy) is 12. The molecule has 454 valence electrons. The van der Waals surface area contributed by atoms with Gasteiger partial charge in [-0.3, -0.25) is 0 Å². The van der Waals surface area contributed by atoms with Gasteiger partial charge in [0.2, 0.25) is 0 Å². The molecule has 2 N–H and O–H groups in total. The van der Waals surface area contributed by atoms with Gasteiger partial charge in [-0.15, -0.1) is 0 Å². The molecule has 7 aromatic carbocycles. The van der Waals surface area contributed by atoms with Crippen LogP contribution in [0.3, 0.4) is 0 Å². The van der Waals surface area contributed by atoms with Crippen molar-refractivity contribution in [2.24, 2.45) is 0 Å². The number of esters is 7. The molecule has 21 nitrogen and oxygen atoms in total. The fraction of sp³-hybridized carbons (Fsp3) is 0.269. The van der Waals surface area contributed by atoms with Crippen LogP contribution < -0.4 is 0 Å². The molecule has 0 aromatic heterocycles. The molecule has 0 amide bonds. The number of rotatable bonds is 19. The summed E-state index contributed by atoms with van der Waals surface area (Å²) in [5, 5.41) is 24.7. The Labute approximate surface area is 504 Å². The van der Waals surface area contributed by atoms with Gasteiger partial charge in [-0.2, -0.15) is 0 Å². The first-order chi connectivity index (χ1) is 42.7. The Balaban J connectivity index is 0.998. The van der Waals surface area contributed by atoms with E-state index in [-0.39, 0.29) is 38.9 Å². The highest BCUT2D eigenvalue weighted by Crippen LogP contribution is 2.37. The van der Waals surface area contributed by atoms with Crippen molar-refractivity contribution in [1.82, 2.24) is 0 Å². The number of hydrogen-bond acceptors (Lipinski definition) is 21. The van der Waals surface area contributed by atoms with E-state index in [9.17, 15) is 43.8 Å². The van der Waals surface area contributed by atoms with Crippen molar-refractivity contribution in [2.45, 2.75) is 106 Å². The topological polar surface area (TPSA) is 271 Å². The second-order valence-corrected chi connectivity index (χ2v) is 20.6. The van der Waals surface area contributed by atoms with Crippen molar-refractivity contribution >= 4 is 41.8 Å². The fourth-order valence-corrected chi connectivity index (χ4v) is 10.1. The molecule has 0 unspecified atom stereocenters. The molecule has 10 rings (SSSR count). The number of benzene rings is 7. The molecule has 0 saturated carbocycles. The third-order valence-corrected chi connectivity index (χ3v) is 14.6. The van der Waals surface area contributed by atoms with Crippen LogP contribution in [0, 0.1) is 0 Å². The second-order valence-electron chi connectivity index (χ2n) is 20.6. The third-order valence-electron chi connectivity index (χ3n) is 14.6. The summed E-state index contributed by atoms with van der Waals surface area (Å²) < 4.78 is 74.3. The molecule has 3 saturated heterocycles. The van der Waals surface area contributed by atoms with Crippen molar-refractivity contribution < 1.29 is 101 Å². The lowest BCUT2D eigenvalue weighted by molar-refractivity contribution is -0.356. The Kier molecular flexibility index (Phi) is 20.2. The summed E-state index contributed by atoms with van der Waals surface area (Å²) in [7, 11) is 0. The van der Waals surface area contributed by atoms with Crippen LogP contribution in [0.25, 0.3) is 0 Å². The number of aliphatic hydroxyl groups is 2. The quantitative estimate of drug-likeness (QED) is 0.0585. The molecular formula is C67H60O21. The SMILES string of the molecule is C[C@@H]1O[C@@H](OC[C@H]2O[C@H](O)[C@H](OC(=O)c3ccccc3)[C@@H](O[C@@H]3O[C@@H](C)[C@H](OC(=O)c4ccccc4)[C@@H](OC(=O)c4ccccc4)[C@H]3OC(=O)c3ccccc3)[C@@H]2O)[C@H](OC(=O)c2ccccc2)[C@H](OC(=O)c2ccccc2)[C@H]1OC(=O)c1ccccc1. The first-order valence-electron chi connectivity index (χ1n) is 28.1. The molecule has 3 fully saturated rings. The summed E-state index contributed by atoms with van der Waals surface area (Å²) in [4.78, 5) is 98.2. The molecule has 15 atom stereocenters. The van der Waals surface area contributed by atoms with Gasteiger partial charge in [0.15, 0.2) is 61.6 Å². The molecule has 88 heavy (non-hydrogen) atoms. The highest BCUT2D eigenvalue weighted by Gasteiger charge is 2.57. The Morgan fingerprint density at radius 1 is 0.318 bits per heavy atom. The predicted octanol–water partition coefficient (Wildman–Crippen LogP) is 7.54. The minimum atomic E-state index is -2.17. The summed E-state index contributed by atoms with van der Waals surface area (Å²) in [6.45, 7) is 2.17. The molecule has 7 aromatic rings. The van der Waals surface area contributed by atoms with Crippen LogP contribution in [0.4, 0.5) is 0 Å². The zero-order valence-corrected chi connectivity index (χ0v) is 47.2. The van der Waals surface area contributed by atoms with E-state index in [0.717, 1.165) is 0 Å². The van der Waals surface area contributed by atoms with Crippen molar-refractivity contribution in [1.29, 1.82) is 0 Å². The van der Waals surface area contributed by atoms with Crippen LogP contribution in [-0.4, -0.2) is 151 Å². The maximum Gasteiger partial charge on any atom is 0.338 e. The van der Waals surface area contributed by atoms with E-state index in [1.807, 2.05) is 0 Å². The van der Waals surface area contributed by atoms with E-state index >= 15 is 0 Å². The molecular weight excluding hydrogens is 1140 g/mol. The van der Waals surface area contributed by atoms with Gasteiger partial charge in [-0.05, 0) is 98.8 Å². The van der Waals surface area contributed by atoms with E-state index < -0.39 is 141 Å². The van der Waals surface area contributed by atoms with Crippen LogP contribution in [0.5, 0.6) is 0 Å². The number of carbonyl (C=O) groups is 7. The normalized spacial score (nSPS) is 26.6. The van der Waals surface area contributed by atoms with Crippen LogP contribution in [0.15, 0.2) is 212 Å². The van der Waals surface area contributed by atoms with Gasteiger partial charge in [0.25, 0.3) is 0 Å².